The number of hydrogen-bond acceptors (Lipinski definition) is 3. The highest BCUT2D eigenvalue weighted by Crippen LogP contribution is 2.18. The Morgan fingerprint density at radius 1 is 1.33 bits per heavy atom. The minimum Gasteiger partial charge on any atom is -0.484 e. The van der Waals surface area contributed by atoms with Crippen molar-refractivity contribution in [1.29, 1.82) is 0 Å². The van der Waals surface area contributed by atoms with Crippen LogP contribution in [0.5, 0.6) is 5.75 Å². The zero-order chi connectivity index (χ0) is 15.2. The third kappa shape index (κ3) is 7.77. The number of amides is 1. The Kier molecular flexibility index (Phi) is 8.12. The van der Waals surface area contributed by atoms with Crippen molar-refractivity contribution < 1.29 is 22.7 Å². The van der Waals surface area contributed by atoms with E-state index in [-0.39, 0.29) is 36.5 Å². The summed E-state index contributed by atoms with van der Waals surface area (Å²) in [6.45, 7) is 0.944. The summed E-state index contributed by atoms with van der Waals surface area (Å²) in [5.74, 6) is -0.304. The number of rotatable bonds is 6. The molecule has 1 aromatic rings. The number of hydrogen-bond donors (Lipinski definition) is 2. The fourth-order valence-corrected chi connectivity index (χ4v) is 1.34. The molecule has 0 saturated carbocycles. The van der Waals surface area contributed by atoms with E-state index in [2.05, 4.69) is 10.1 Å². The third-order valence-electron chi connectivity index (χ3n) is 2.59. The highest BCUT2D eigenvalue weighted by molar-refractivity contribution is 5.85. The van der Waals surface area contributed by atoms with Gasteiger partial charge in [-0.05, 0) is 17.7 Å². The molecule has 0 aliphatic heterocycles. The van der Waals surface area contributed by atoms with Gasteiger partial charge in [-0.2, -0.15) is 13.2 Å². The van der Waals surface area contributed by atoms with E-state index in [0.717, 1.165) is 5.56 Å². The molecule has 1 rings (SSSR count). The molecule has 0 aliphatic rings. The van der Waals surface area contributed by atoms with E-state index in [1.165, 1.54) is 12.1 Å². The number of nitrogens with two attached hydrogens (primary N) is 1. The second kappa shape index (κ2) is 8.74. The highest BCUT2D eigenvalue weighted by Gasteiger charge is 2.28. The lowest BCUT2D eigenvalue weighted by atomic mass is 10.1. The first-order chi connectivity index (χ1) is 9.31. The van der Waals surface area contributed by atoms with Crippen LogP contribution >= 0.6 is 12.4 Å². The number of nitrogens with one attached hydrogen (secondary N) is 1. The summed E-state index contributed by atoms with van der Waals surface area (Å²) in [4.78, 5) is 11.5. The number of benzene rings is 1. The van der Waals surface area contributed by atoms with Crippen molar-refractivity contribution >= 4 is 18.3 Å². The van der Waals surface area contributed by atoms with Gasteiger partial charge in [0.25, 0.3) is 0 Å². The number of halogens is 4. The van der Waals surface area contributed by atoms with Crippen molar-refractivity contribution in [3.8, 4) is 5.75 Å². The molecule has 4 nitrogen and oxygen atoms in total. The monoisotopic (exact) mass is 326 g/mol. The van der Waals surface area contributed by atoms with Crippen molar-refractivity contribution in [3.05, 3.63) is 29.8 Å². The van der Waals surface area contributed by atoms with E-state index >= 15 is 0 Å². The second-order valence-corrected chi connectivity index (χ2v) is 4.40. The van der Waals surface area contributed by atoms with E-state index in [9.17, 15) is 18.0 Å². The molecule has 120 valence electrons. The smallest absolute Gasteiger partial charge is 0.422 e. The summed E-state index contributed by atoms with van der Waals surface area (Å²) in [7, 11) is 0. The average molecular weight is 327 g/mol. The molecule has 1 atom stereocenters. The molecule has 21 heavy (non-hydrogen) atoms. The van der Waals surface area contributed by atoms with E-state index in [1.807, 2.05) is 0 Å². The van der Waals surface area contributed by atoms with Gasteiger partial charge in [0.15, 0.2) is 6.61 Å². The van der Waals surface area contributed by atoms with Crippen LogP contribution in [0.15, 0.2) is 24.3 Å². The molecule has 0 radical (unpaired) electrons. The van der Waals surface area contributed by atoms with Gasteiger partial charge in [0, 0.05) is 19.0 Å². The summed E-state index contributed by atoms with van der Waals surface area (Å²) in [6, 6.07) is 6.05. The maximum Gasteiger partial charge on any atom is 0.422 e. The minimum absolute atomic E-state index is 0. The fraction of sp³-hybridized carbons (Fsp3) is 0.462. The largest absolute Gasteiger partial charge is 0.484 e. The molecule has 1 aromatic carbocycles. The molecule has 0 saturated heterocycles. The van der Waals surface area contributed by atoms with Crippen LogP contribution < -0.4 is 15.8 Å². The lowest BCUT2D eigenvalue weighted by Crippen LogP contribution is -2.32. The lowest BCUT2D eigenvalue weighted by Gasteiger charge is -2.11. The lowest BCUT2D eigenvalue weighted by molar-refractivity contribution is -0.153. The topological polar surface area (TPSA) is 64.4 Å². The average Bonchev–Trinajstić information content (AvgIpc) is 2.41. The normalized spacial score (nSPS) is 12.2. The summed E-state index contributed by atoms with van der Waals surface area (Å²) in [5.41, 5.74) is 6.13. The maximum atomic E-state index is 12.0. The van der Waals surface area contributed by atoms with Gasteiger partial charge >= 0.3 is 6.18 Å². The number of carbonyl (C=O) groups is 1. The summed E-state index contributed by atoms with van der Waals surface area (Å²) in [6.07, 6.45) is -4.36. The molecule has 0 spiro atoms. The number of carbonyl (C=O) groups excluding carboxylic acids is 1. The molecule has 0 fully saturated rings. The van der Waals surface area contributed by atoms with Crippen LogP contribution in [0.25, 0.3) is 0 Å². The zero-order valence-electron chi connectivity index (χ0n) is 11.4. The first-order valence-electron chi connectivity index (χ1n) is 6.08. The second-order valence-electron chi connectivity index (χ2n) is 4.40. The molecule has 0 heterocycles. The molecule has 1 unspecified atom stereocenters. The van der Waals surface area contributed by atoms with E-state index in [1.54, 1.807) is 19.1 Å². The standard InChI is InChI=1S/C13H17F3N2O2.ClH/c1-9(6-17)12(19)18-7-10-2-4-11(5-3-10)20-8-13(14,15)16;/h2-5,9H,6-8,17H2,1H3,(H,18,19);1H. The SMILES string of the molecule is CC(CN)C(=O)NCc1ccc(OCC(F)(F)F)cc1.Cl. The van der Waals surface area contributed by atoms with E-state index in [4.69, 9.17) is 5.73 Å². The Morgan fingerprint density at radius 2 is 1.90 bits per heavy atom. The van der Waals surface area contributed by atoms with Crippen LogP contribution in [0.4, 0.5) is 13.2 Å². The van der Waals surface area contributed by atoms with Crippen molar-refractivity contribution in [1.82, 2.24) is 5.32 Å². The first-order valence-corrected chi connectivity index (χ1v) is 6.08. The van der Waals surface area contributed by atoms with E-state index < -0.39 is 12.8 Å². The van der Waals surface area contributed by atoms with Gasteiger partial charge in [0.05, 0.1) is 0 Å². The van der Waals surface area contributed by atoms with Crippen LogP contribution in [-0.2, 0) is 11.3 Å². The molecule has 8 heteroatoms. The van der Waals surface area contributed by atoms with Gasteiger partial charge in [0.1, 0.15) is 5.75 Å². The van der Waals surface area contributed by atoms with Gasteiger partial charge in [0.2, 0.25) is 5.91 Å². The molecule has 0 bridgehead atoms. The van der Waals surface area contributed by atoms with Gasteiger partial charge in [-0.25, -0.2) is 0 Å². The Hall–Kier alpha value is -1.47. The van der Waals surface area contributed by atoms with Gasteiger partial charge in [-0.15, -0.1) is 12.4 Å². The minimum atomic E-state index is -4.36. The van der Waals surface area contributed by atoms with Crippen molar-refractivity contribution in [2.45, 2.75) is 19.6 Å². The zero-order valence-corrected chi connectivity index (χ0v) is 12.3. The Labute approximate surface area is 127 Å². The van der Waals surface area contributed by atoms with Crippen molar-refractivity contribution in [2.75, 3.05) is 13.2 Å². The third-order valence-corrected chi connectivity index (χ3v) is 2.59. The highest BCUT2D eigenvalue weighted by atomic mass is 35.5. The Balaban J connectivity index is 0.00000400. The van der Waals surface area contributed by atoms with Crippen LogP contribution in [0.3, 0.4) is 0 Å². The van der Waals surface area contributed by atoms with Crippen LogP contribution in [0, 0.1) is 5.92 Å². The van der Waals surface area contributed by atoms with E-state index in [0.29, 0.717) is 6.54 Å². The molecule has 0 aliphatic carbocycles. The predicted octanol–water partition coefficient (Wildman–Crippen LogP) is 2.26. The van der Waals surface area contributed by atoms with Crippen molar-refractivity contribution in [3.63, 3.8) is 0 Å². The fourth-order valence-electron chi connectivity index (χ4n) is 1.34. The maximum absolute atomic E-state index is 12.0. The molecule has 0 aromatic heterocycles. The quantitative estimate of drug-likeness (QED) is 0.843. The molecule has 3 N–H and O–H groups in total. The Morgan fingerprint density at radius 3 is 2.38 bits per heavy atom. The van der Waals surface area contributed by atoms with Crippen LogP contribution in [0.2, 0.25) is 0 Å². The van der Waals surface area contributed by atoms with Gasteiger partial charge < -0.3 is 15.8 Å². The van der Waals surface area contributed by atoms with Crippen LogP contribution in [0.1, 0.15) is 12.5 Å². The van der Waals surface area contributed by atoms with Crippen LogP contribution in [-0.4, -0.2) is 25.2 Å². The molecule has 1 amide bonds. The number of ether oxygens (including phenoxy) is 1. The predicted molar refractivity (Wildman–Crippen MR) is 75.3 cm³/mol. The van der Waals surface area contributed by atoms with Crippen molar-refractivity contribution in [2.24, 2.45) is 11.7 Å². The molecular weight excluding hydrogens is 309 g/mol. The Bertz CT molecular complexity index is 438. The summed E-state index contributed by atoms with van der Waals surface area (Å²) >= 11 is 0. The van der Waals surface area contributed by atoms with Gasteiger partial charge in [-0.1, -0.05) is 19.1 Å². The summed E-state index contributed by atoms with van der Waals surface area (Å²) < 4.78 is 40.4. The molecular formula is C13H18ClF3N2O2. The number of alkyl halides is 3. The summed E-state index contributed by atoms with van der Waals surface area (Å²) in [5, 5.41) is 2.69. The van der Waals surface area contributed by atoms with Gasteiger partial charge in [-0.3, -0.25) is 4.79 Å². The first kappa shape index (κ1) is 19.5.